The summed E-state index contributed by atoms with van der Waals surface area (Å²) >= 11 is 3.23. The number of benzene rings is 1. The van der Waals surface area contributed by atoms with Crippen LogP contribution >= 0.6 is 15.9 Å². The number of nitrogens with two attached hydrogens (primary N) is 1. The van der Waals surface area contributed by atoms with Gasteiger partial charge in [0, 0.05) is 36.8 Å². The van der Waals surface area contributed by atoms with Gasteiger partial charge in [0.1, 0.15) is 28.1 Å². The molecule has 0 saturated carbocycles. The third-order valence-corrected chi connectivity index (χ3v) is 5.68. The maximum atomic E-state index is 14.7. The number of primary amides is 1. The quantitative estimate of drug-likeness (QED) is 0.568. The highest BCUT2D eigenvalue weighted by Gasteiger charge is 2.28. The molecule has 4 rings (SSSR count). The predicted molar refractivity (Wildman–Crippen MR) is 125 cm³/mol. The Morgan fingerprint density at radius 3 is 2.39 bits per heavy atom. The third-order valence-electron chi connectivity index (χ3n) is 5.18. The van der Waals surface area contributed by atoms with E-state index in [1.807, 2.05) is 25.7 Å². The summed E-state index contributed by atoms with van der Waals surface area (Å²) in [5.74, 6) is -1.33. The van der Waals surface area contributed by atoms with Crippen LogP contribution in [-0.2, 0) is 4.74 Å². The summed E-state index contributed by atoms with van der Waals surface area (Å²) in [6, 6.07) is 6.24. The van der Waals surface area contributed by atoms with Crippen LogP contribution in [-0.4, -0.2) is 63.4 Å². The number of piperazine rings is 1. The summed E-state index contributed by atoms with van der Waals surface area (Å²) in [5.41, 5.74) is 6.60. The molecule has 1 aliphatic heterocycles. The monoisotopic (exact) mass is 518 g/mol. The lowest BCUT2D eigenvalue weighted by molar-refractivity contribution is 0.0240. The van der Waals surface area contributed by atoms with Gasteiger partial charge >= 0.3 is 6.09 Å². The Balaban J connectivity index is 1.68. The lowest BCUT2D eigenvalue weighted by atomic mass is 10.2. The first-order chi connectivity index (χ1) is 15.5. The van der Waals surface area contributed by atoms with Gasteiger partial charge in [0.05, 0.1) is 5.69 Å². The van der Waals surface area contributed by atoms with Gasteiger partial charge < -0.3 is 20.3 Å². The van der Waals surface area contributed by atoms with Crippen LogP contribution in [0.2, 0.25) is 0 Å². The van der Waals surface area contributed by atoms with Crippen molar-refractivity contribution in [3.05, 3.63) is 46.4 Å². The van der Waals surface area contributed by atoms with Crippen LogP contribution < -0.4 is 10.6 Å². The smallest absolute Gasteiger partial charge is 0.410 e. The molecule has 0 atom stereocenters. The van der Waals surface area contributed by atoms with Crippen molar-refractivity contribution in [1.82, 2.24) is 19.7 Å². The van der Waals surface area contributed by atoms with Crippen molar-refractivity contribution in [3.8, 4) is 5.69 Å². The van der Waals surface area contributed by atoms with Gasteiger partial charge in [0.25, 0.3) is 5.91 Å². The zero-order valence-electron chi connectivity index (χ0n) is 18.5. The molecule has 2 amide bonds. The van der Waals surface area contributed by atoms with Crippen LogP contribution in [0.1, 0.15) is 31.3 Å². The van der Waals surface area contributed by atoms with E-state index in [2.05, 4.69) is 26.0 Å². The highest BCUT2D eigenvalue weighted by Crippen LogP contribution is 2.30. The van der Waals surface area contributed by atoms with Gasteiger partial charge in [-0.15, -0.1) is 0 Å². The number of pyridine rings is 1. The molecule has 1 aliphatic rings. The maximum Gasteiger partial charge on any atom is 0.410 e. The van der Waals surface area contributed by atoms with Crippen LogP contribution in [0.15, 0.2) is 34.9 Å². The molecule has 2 N–H and O–H groups in total. The first-order valence-electron chi connectivity index (χ1n) is 10.4. The van der Waals surface area contributed by atoms with E-state index in [1.54, 1.807) is 23.2 Å². The van der Waals surface area contributed by atoms with Crippen molar-refractivity contribution in [2.75, 3.05) is 31.1 Å². The second-order valence-electron chi connectivity index (χ2n) is 8.70. The summed E-state index contributed by atoms with van der Waals surface area (Å²) in [4.78, 5) is 32.7. The molecule has 3 heterocycles. The molecule has 2 aromatic heterocycles. The van der Waals surface area contributed by atoms with E-state index in [4.69, 9.17) is 10.5 Å². The Morgan fingerprint density at radius 2 is 1.79 bits per heavy atom. The highest BCUT2D eigenvalue weighted by atomic mass is 79.9. The number of amides is 2. The minimum atomic E-state index is -0.765. The predicted octanol–water partition coefficient (Wildman–Crippen LogP) is 3.48. The number of aromatic nitrogens is 3. The van der Waals surface area contributed by atoms with Gasteiger partial charge in [-0.05, 0) is 45.0 Å². The molecule has 1 fully saturated rings. The molecule has 0 unspecified atom stereocenters. The zero-order chi connectivity index (χ0) is 23.9. The minimum Gasteiger partial charge on any atom is -0.444 e. The molecule has 0 bridgehead atoms. The number of carbonyl (C=O) groups is 2. The fourth-order valence-corrected chi connectivity index (χ4v) is 4.06. The van der Waals surface area contributed by atoms with Crippen LogP contribution in [0.4, 0.5) is 14.9 Å². The SMILES string of the molecule is CC(C)(C)OC(=O)N1CCN(c2ccnc3c(C(N)=O)n(-c4ccc(Br)cc4F)nc23)CC1. The van der Waals surface area contributed by atoms with Crippen LogP contribution in [0.3, 0.4) is 0 Å². The molecular formula is C22H24BrFN6O3. The first-order valence-corrected chi connectivity index (χ1v) is 11.2. The van der Waals surface area contributed by atoms with E-state index in [1.165, 1.54) is 16.8 Å². The number of ether oxygens (including phenoxy) is 1. The number of rotatable bonds is 3. The molecule has 174 valence electrons. The number of hydrogen-bond acceptors (Lipinski definition) is 6. The normalized spacial score (nSPS) is 14.6. The lowest BCUT2D eigenvalue weighted by Crippen LogP contribution is -2.50. The first kappa shape index (κ1) is 23.0. The van der Waals surface area contributed by atoms with Gasteiger partial charge in [-0.25, -0.2) is 13.9 Å². The second kappa shape index (κ2) is 8.62. The molecule has 9 nitrogen and oxygen atoms in total. The third kappa shape index (κ3) is 4.63. The van der Waals surface area contributed by atoms with Gasteiger partial charge in [-0.2, -0.15) is 5.10 Å². The van der Waals surface area contributed by atoms with Gasteiger partial charge in [-0.1, -0.05) is 15.9 Å². The maximum absolute atomic E-state index is 14.7. The molecule has 0 spiro atoms. The highest BCUT2D eigenvalue weighted by molar-refractivity contribution is 9.10. The number of anilines is 1. The Labute approximate surface area is 198 Å². The summed E-state index contributed by atoms with van der Waals surface area (Å²) in [6.45, 7) is 7.47. The molecule has 1 saturated heterocycles. The van der Waals surface area contributed by atoms with E-state index >= 15 is 0 Å². The molecule has 3 aromatic rings. The van der Waals surface area contributed by atoms with E-state index < -0.39 is 17.3 Å². The summed E-state index contributed by atoms with van der Waals surface area (Å²) in [6.07, 6.45) is 1.21. The van der Waals surface area contributed by atoms with Crippen LogP contribution in [0.5, 0.6) is 0 Å². The van der Waals surface area contributed by atoms with Crippen LogP contribution in [0, 0.1) is 5.82 Å². The Morgan fingerprint density at radius 1 is 1.09 bits per heavy atom. The number of halogens is 2. The average Bonchev–Trinajstić information content (AvgIpc) is 3.12. The fourth-order valence-electron chi connectivity index (χ4n) is 3.73. The number of fused-ring (bicyclic) bond motifs is 1. The number of carbonyl (C=O) groups excluding carboxylic acids is 2. The van der Waals surface area contributed by atoms with Crippen molar-refractivity contribution in [1.29, 1.82) is 0 Å². The Kier molecular flexibility index (Phi) is 6.00. The van der Waals surface area contributed by atoms with E-state index in [0.717, 1.165) is 5.69 Å². The topological polar surface area (TPSA) is 107 Å². The zero-order valence-corrected chi connectivity index (χ0v) is 20.1. The van der Waals surface area contributed by atoms with Gasteiger partial charge in [-0.3, -0.25) is 9.78 Å². The summed E-state index contributed by atoms with van der Waals surface area (Å²) in [7, 11) is 0. The molecule has 11 heteroatoms. The van der Waals surface area contributed by atoms with Crippen molar-refractivity contribution in [2.45, 2.75) is 26.4 Å². The number of nitrogens with zero attached hydrogens (tertiary/aromatic N) is 5. The van der Waals surface area contributed by atoms with Gasteiger partial charge in [0.2, 0.25) is 0 Å². The average molecular weight is 519 g/mol. The Hall–Kier alpha value is -3.21. The lowest BCUT2D eigenvalue weighted by Gasteiger charge is -2.36. The van der Waals surface area contributed by atoms with Gasteiger partial charge in [0.15, 0.2) is 5.69 Å². The molecular weight excluding hydrogens is 495 g/mol. The van der Waals surface area contributed by atoms with Crippen molar-refractivity contribution in [3.63, 3.8) is 0 Å². The van der Waals surface area contributed by atoms with E-state index in [0.29, 0.717) is 36.2 Å². The standard InChI is InChI=1S/C22H24BrFN6O3/c1-22(2,3)33-21(32)29-10-8-28(9-11-29)16-6-7-26-18-17(16)27-30(19(18)20(25)31)15-5-4-13(23)12-14(15)24/h4-7,12H,8-11H2,1-3H3,(H2,25,31). The van der Waals surface area contributed by atoms with Crippen LogP contribution in [0.25, 0.3) is 16.7 Å². The molecule has 0 radical (unpaired) electrons. The van der Waals surface area contributed by atoms with Crippen molar-refractivity contribution >= 4 is 44.7 Å². The molecule has 1 aromatic carbocycles. The second-order valence-corrected chi connectivity index (χ2v) is 9.62. The van der Waals surface area contributed by atoms with Crippen molar-refractivity contribution < 1.29 is 18.7 Å². The van der Waals surface area contributed by atoms with E-state index in [9.17, 15) is 14.0 Å². The van der Waals surface area contributed by atoms with Crippen molar-refractivity contribution in [2.24, 2.45) is 5.73 Å². The van der Waals surface area contributed by atoms with E-state index in [-0.39, 0.29) is 23.0 Å². The summed E-state index contributed by atoms with van der Waals surface area (Å²) in [5, 5.41) is 4.52. The molecule has 0 aliphatic carbocycles. The Bertz CT molecular complexity index is 1230. The largest absolute Gasteiger partial charge is 0.444 e. The minimum absolute atomic E-state index is 0.000429. The summed E-state index contributed by atoms with van der Waals surface area (Å²) < 4.78 is 21.9. The number of hydrogen-bond donors (Lipinski definition) is 1. The molecule has 33 heavy (non-hydrogen) atoms. The fraction of sp³-hybridized carbons (Fsp3) is 0.364.